The summed E-state index contributed by atoms with van der Waals surface area (Å²) in [7, 11) is 0. The minimum atomic E-state index is -0.218. The van der Waals surface area contributed by atoms with Crippen molar-refractivity contribution in [2.24, 2.45) is 0 Å². The van der Waals surface area contributed by atoms with E-state index in [1.807, 2.05) is 32.0 Å². The van der Waals surface area contributed by atoms with Crippen molar-refractivity contribution in [3.63, 3.8) is 0 Å². The number of aryl methyl sites for hydroxylation is 2. The molecule has 0 saturated heterocycles. The van der Waals surface area contributed by atoms with Gasteiger partial charge in [-0.25, -0.2) is 0 Å². The van der Waals surface area contributed by atoms with Crippen molar-refractivity contribution < 1.29 is 9.53 Å². The van der Waals surface area contributed by atoms with Gasteiger partial charge in [-0.15, -0.1) is 11.6 Å². The molecule has 0 saturated carbocycles. The van der Waals surface area contributed by atoms with Crippen molar-refractivity contribution in [3.8, 4) is 5.75 Å². The minimum Gasteiger partial charge on any atom is -0.426 e. The second kappa shape index (κ2) is 5.76. The molecule has 0 aliphatic heterocycles. The first-order valence-corrected chi connectivity index (χ1v) is 5.51. The Morgan fingerprint density at radius 1 is 1.40 bits per heavy atom. The Bertz CT molecular complexity index is 347. The number of alkyl halides is 1. The molecule has 0 atom stereocenters. The summed E-state index contributed by atoms with van der Waals surface area (Å²) in [6, 6.07) is 5.80. The molecule has 0 spiro atoms. The Morgan fingerprint density at radius 3 is 2.80 bits per heavy atom. The number of benzene rings is 1. The van der Waals surface area contributed by atoms with E-state index in [1.165, 1.54) is 0 Å². The van der Waals surface area contributed by atoms with Crippen molar-refractivity contribution in [1.82, 2.24) is 0 Å². The number of carbonyl (C=O) groups is 1. The maximum atomic E-state index is 11.4. The van der Waals surface area contributed by atoms with Crippen LogP contribution in [0.2, 0.25) is 0 Å². The Labute approximate surface area is 95.2 Å². The number of hydrogen-bond donors (Lipinski definition) is 0. The summed E-state index contributed by atoms with van der Waals surface area (Å²) in [6.07, 6.45) is 1.03. The zero-order valence-corrected chi connectivity index (χ0v) is 9.80. The maximum absolute atomic E-state index is 11.4. The van der Waals surface area contributed by atoms with E-state index in [9.17, 15) is 4.79 Å². The quantitative estimate of drug-likeness (QED) is 0.448. The van der Waals surface area contributed by atoms with E-state index in [-0.39, 0.29) is 5.97 Å². The molecular formula is C12H15ClO2. The van der Waals surface area contributed by atoms with E-state index in [0.717, 1.165) is 11.1 Å². The zero-order valence-electron chi connectivity index (χ0n) is 9.05. The fraction of sp³-hybridized carbons (Fsp3) is 0.417. The number of ether oxygens (including phenoxy) is 1. The lowest BCUT2D eigenvalue weighted by atomic mass is 10.1. The summed E-state index contributed by atoms with van der Waals surface area (Å²) in [5.41, 5.74) is 2.06. The molecule has 82 valence electrons. The molecule has 3 heteroatoms. The van der Waals surface area contributed by atoms with Crippen molar-refractivity contribution in [1.29, 1.82) is 0 Å². The fourth-order valence-electron chi connectivity index (χ4n) is 1.20. The van der Waals surface area contributed by atoms with Gasteiger partial charge in [0.05, 0.1) is 0 Å². The zero-order chi connectivity index (χ0) is 11.3. The maximum Gasteiger partial charge on any atom is 0.311 e. The first-order chi connectivity index (χ1) is 7.13. The summed E-state index contributed by atoms with van der Waals surface area (Å²) in [5.74, 6) is 0.918. The van der Waals surface area contributed by atoms with Gasteiger partial charge in [-0.1, -0.05) is 12.1 Å². The number of halogens is 1. The standard InChI is InChI=1S/C12H15ClO2/c1-9-5-6-10(2)11(8-9)15-12(14)4-3-7-13/h5-6,8H,3-4,7H2,1-2H3. The monoisotopic (exact) mass is 226 g/mol. The van der Waals surface area contributed by atoms with E-state index >= 15 is 0 Å². The van der Waals surface area contributed by atoms with Crippen LogP contribution in [0, 0.1) is 13.8 Å². The molecule has 1 rings (SSSR count). The van der Waals surface area contributed by atoms with Gasteiger partial charge in [-0.2, -0.15) is 0 Å². The van der Waals surface area contributed by atoms with Gasteiger partial charge in [0.15, 0.2) is 0 Å². The highest BCUT2D eigenvalue weighted by molar-refractivity contribution is 6.17. The highest BCUT2D eigenvalue weighted by Crippen LogP contribution is 2.19. The van der Waals surface area contributed by atoms with E-state index in [1.54, 1.807) is 0 Å². The summed E-state index contributed by atoms with van der Waals surface area (Å²) in [4.78, 5) is 11.4. The van der Waals surface area contributed by atoms with Gasteiger partial charge in [-0.05, 0) is 37.5 Å². The molecule has 0 bridgehead atoms. The third-order valence-electron chi connectivity index (χ3n) is 2.08. The summed E-state index contributed by atoms with van der Waals surface area (Å²) in [6.45, 7) is 3.89. The van der Waals surface area contributed by atoms with Gasteiger partial charge < -0.3 is 4.74 Å². The van der Waals surface area contributed by atoms with Gasteiger partial charge in [-0.3, -0.25) is 4.79 Å². The van der Waals surface area contributed by atoms with E-state index in [2.05, 4.69) is 0 Å². The fourth-order valence-corrected chi connectivity index (χ4v) is 1.34. The molecule has 15 heavy (non-hydrogen) atoms. The number of hydrogen-bond acceptors (Lipinski definition) is 2. The molecule has 0 aromatic heterocycles. The lowest BCUT2D eigenvalue weighted by Crippen LogP contribution is -2.08. The van der Waals surface area contributed by atoms with Crippen LogP contribution < -0.4 is 4.74 Å². The molecule has 0 N–H and O–H groups in total. The molecule has 0 radical (unpaired) electrons. The second-order valence-corrected chi connectivity index (χ2v) is 3.91. The average Bonchev–Trinajstić information content (AvgIpc) is 2.20. The predicted octanol–water partition coefficient (Wildman–Crippen LogP) is 3.23. The largest absolute Gasteiger partial charge is 0.426 e. The van der Waals surface area contributed by atoms with E-state index in [4.69, 9.17) is 16.3 Å². The van der Waals surface area contributed by atoms with Crippen LogP contribution in [0.3, 0.4) is 0 Å². The first kappa shape index (κ1) is 12.1. The highest BCUT2D eigenvalue weighted by Gasteiger charge is 2.06. The Kier molecular flexibility index (Phi) is 4.63. The third kappa shape index (κ3) is 3.92. The van der Waals surface area contributed by atoms with Gasteiger partial charge in [0, 0.05) is 12.3 Å². The predicted molar refractivity (Wildman–Crippen MR) is 61.5 cm³/mol. The number of esters is 1. The third-order valence-corrected chi connectivity index (χ3v) is 2.35. The highest BCUT2D eigenvalue weighted by atomic mass is 35.5. The molecule has 0 amide bonds. The van der Waals surface area contributed by atoms with Gasteiger partial charge in [0.2, 0.25) is 0 Å². The summed E-state index contributed by atoms with van der Waals surface area (Å²) < 4.78 is 5.23. The number of rotatable bonds is 4. The van der Waals surface area contributed by atoms with Crippen molar-refractivity contribution in [3.05, 3.63) is 29.3 Å². The number of carbonyl (C=O) groups excluding carboxylic acids is 1. The molecular weight excluding hydrogens is 212 g/mol. The van der Waals surface area contributed by atoms with Crippen LogP contribution in [0.25, 0.3) is 0 Å². The van der Waals surface area contributed by atoms with Crippen molar-refractivity contribution >= 4 is 17.6 Å². The van der Waals surface area contributed by atoms with Crippen LogP contribution in [0.15, 0.2) is 18.2 Å². The lowest BCUT2D eigenvalue weighted by molar-refractivity contribution is -0.134. The van der Waals surface area contributed by atoms with Crippen LogP contribution >= 0.6 is 11.6 Å². The van der Waals surface area contributed by atoms with Gasteiger partial charge >= 0.3 is 5.97 Å². The Hall–Kier alpha value is -1.02. The van der Waals surface area contributed by atoms with Crippen LogP contribution in [0.1, 0.15) is 24.0 Å². The SMILES string of the molecule is Cc1ccc(C)c(OC(=O)CCCCl)c1. The van der Waals surface area contributed by atoms with Gasteiger partial charge in [0.1, 0.15) is 5.75 Å². The normalized spacial score (nSPS) is 10.1. The molecule has 0 unspecified atom stereocenters. The lowest BCUT2D eigenvalue weighted by Gasteiger charge is -2.07. The summed E-state index contributed by atoms with van der Waals surface area (Å²) in [5, 5.41) is 0. The molecule has 0 aliphatic rings. The Morgan fingerprint density at radius 2 is 2.13 bits per heavy atom. The van der Waals surface area contributed by atoms with E-state index < -0.39 is 0 Å². The van der Waals surface area contributed by atoms with Crippen molar-refractivity contribution in [2.45, 2.75) is 26.7 Å². The first-order valence-electron chi connectivity index (χ1n) is 4.97. The average molecular weight is 227 g/mol. The van der Waals surface area contributed by atoms with Crippen molar-refractivity contribution in [2.75, 3.05) is 5.88 Å². The van der Waals surface area contributed by atoms with Gasteiger partial charge in [0.25, 0.3) is 0 Å². The molecule has 0 heterocycles. The Balaban J connectivity index is 2.63. The molecule has 0 fully saturated rings. The van der Waals surface area contributed by atoms with Crippen LogP contribution in [0.5, 0.6) is 5.75 Å². The second-order valence-electron chi connectivity index (χ2n) is 3.54. The van der Waals surface area contributed by atoms with Crippen LogP contribution in [-0.4, -0.2) is 11.8 Å². The smallest absolute Gasteiger partial charge is 0.311 e. The molecule has 1 aromatic rings. The topological polar surface area (TPSA) is 26.3 Å². The van der Waals surface area contributed by atoms with E-state index in [0.29, 0.717) is 24.5 Å². The minimum absolute atomic E-state index is 0.218. The van der Waals surface area contributed by atoms with Crippen LogP contribution in [-0.2, 0) is 4.79 Å². The molecule has 2 nitrogen and oxygen atoms in total. The molecule has 0 aliphatic carbocycles. The molecule has 1 aromatic carbocycles. The van der Waals surface area contributed by atoms with Crippen LogP contribution in [0.4, 0.5) is 0 Å². The summed E-state index contributed by atoms with van der Waals surface area (Å²) >= 11 is 5.50.